The molecule has 0 radical (unpaired) electrons. The minimum Gasteiger partial charge on any atom is -0.444 e. The van der Waals surface area contributed by atoms with Gasteiger partial charge in [0.25, 0.3) is 0 Å². The highest BCUT2D eigenvalue weighted by Gasteiger charge is 2.57. The molecule has 0 bridgehead atoms. The van der Waals surface area contributed by atoms with Gasteiger partial charge in [0.1, 0.15) is 5.60 Å². The molecule has 12 heteroatoms. The Morgan fingerprint density at radius 1 is 1.18 bits per heavy atom. The van der Waals surface area contributed by atoms with Crippen molar-refractivity contribution in [1.82, 2.24) is 10.2 Å². The molecule has 0 saturated carbocycles. The largest absolute Gasteiger partial charge is 0.450 e. The van der Waals surface area contributed by atoms with Crippen LogP contribution in [0.4, 0.5) is 23.7 Å². The van der Waals surface area contributed by atoms with Crippen LogP contribution >= 0.6 is 23.1 Å². The molecule has 154 valence electrons. The third kappa shape index (κ3) is 6.06. The van der Waals surface area contributed by atoms with Crippen LogP contribution < -0.4 is 5.32 Å². The molecule has 2 rings (SSSR count). The zero-order valence-electron chi connectivity index (χ0n) is 15.1. The van der Waals surface area contributed by atoms with Crippen LogP contribution in [0.3, 0.4) is 0 Å². The maximum Gasteiger partial charge on any atom is 0.450 e. The molecule has 0 unspecified atom stereocenters. The quantitative estimate of drug-likeness (QED) is 0.482. The van der Waals surface area contributed by atoms with E-state index >= 15 is 0 Å². The fraction of sp³-hybridized carbons (Fsp3) is 0.438. The van der Waals surface area contributed by atoms with Crippen LogP contribution in [-0.2, 0) is 16.3 Å². The second kappa shape index (κ2) is 8.23. The van der Waals surface area contributed by atoms with Crippen molar-refractivity contribution in [3.63, 3.8) is 0 Å². The lowest BCUT2D eigenvalue weighted by Gasteiger charge is -2.20. The van der Waals surface area contributed by atoms with Crippen molar-refractivity contribution in [1.29, 1.82) is 0 Å². The predicted molar refractivity (Wildman–Crippen MR) is 97.9 cm³/mol. The molecule has 1 heterocycles. The molecular formula is C16H18F3N3O4S2. The molecule has 1 amide bonds. The number of nitrogens with one attached hydrogen (secondary N) is 1. The average molecular weight is 437 g/mol. The highest BCUT2D eigenvalue weighted by Crippen LogP contribution is 2.39. The Balaban J connectivity index is 1.93. The number of amides is 1. The fourth-order valence-electron chi connectivity index (χ4n) is 1.78. The number of aliphatic hydroxyl groups is 2. The molecular weight excluding hydrogens is 419 g/mol. The highest BCUT2D eigenvalue weighted by atomic mass is 32.2. The van der Waals surface area contributed by atoms with Crippen molar-refractivity contribution in [2.75, 3.05) is 5.32 Å². The Bertz CT molecular complexity index is 818. The van der Waals surface area contributed by atoms with Gasteiger partial charge in [-0.25, -0.2) is 4.79 Å². The molecule has 28 heavy (non-hydrogen) atoms. The van der Waals surface area contributed by atoms with Crippen LogP contribution in [0.2, 0.25) is 0 Å². The molecule has 3 N–H and O–H groups in total. The summed E-state index contributed by atoms with van der Waals surface area (Å²) in [6, 6.07) is 6.75. The molecule has 0 spiro atoms. The molecule has 7 nitrogen and oxygen atoms in total. The first-order valence-electron chi connectivity index (χ1n) is 7.85. The number of nitrogens with zero attached hydrogens (tertiary/aromatic N) is 2. The first kappa shape index (κ1) is 22.4. The number of rotatable bonds is 5. The number of thioether (sulfide) groups is 1. The number of ether oxygens (including phenoxy) is 1. The van der Waals surface area contributed by atoms with Gasteiger partial charge >= 0.3 is 18.1 Å². The van der Waals surface area contributed by atoms with Gasteiger partial charge in [-0.3, -0.25) is 5.32 Å². The van der Waals surface area contributed by atoms with E-state index in [0.717, 1.165) is 17.3 Å². The summed E-state index contributed by atoms with van der Waals surface area (Å²) in [5, 5.41) is 26.7. The lowest BCUT2D eigenvalue weighted by atomic mass is 10.2. The minimum absolute atomic E-state index is 0.155. The summed E-state index contributed by atoms with van der Waals surface area (Å²) in [5.41, 5.74) is 0.719. The first-order valence-corrected chi connectivity index (χ1v) is 9.65. The van der Waals surface area contributed by atoms with Crippen molar-refractivity contribution in [3.8, 4) is 0 Å². The van der Waals surface area contributed by atoms with Crippen LogP contribution in [0.1, 0.15) is 31.3 Å². The Labute approximate surface area is 166 Å². The summed E-state index contributed by atoms with van der Waals surface area (Å²) in [6.45, 7) is 5.24. The van der Waals surface area contributed by atoms with E-state index in [9.17, 15) is 28.2 Å². The van der Waals surface area contributed by atoms with Crippen molar-refractivity contribution in [2.24, 2.45) is 0 Å². The number of carbonyl (C=O) groups is 1. The second-order valence-electron chi connectivity index (χ2n) is 6.66. The van der Waals surface area contributed by atoms with Crippen LogP contribution in [0, 0.1) is 0 Å². The molecule has 2 aromatic rings. The molecule has 0 saturated heterocycles. The van der Waals surface area contributed by atoms with Gasteiger partial charge in [-0.2, -0.15) is 13.2 Å². The predicted octanol–water partition coefficient (Wildman–Crippen LogP) is 3.88. The van der Waals surface area contributed by atoms with Gasteiger partial charge in [0.2, 0.25) is 0 Å². The number of hydrogen-bond donors (Lipinski definition) is 3. The van der Waals surface area contributed by atoms with Gasteiger partial charge in [-0.05, 0) is 38.5 Å². The standard InChI is InChI=1S/C16H18F3N3O4S2/c1-14(2,3)26-12(23)20-10-6-4-9(5-7-10)8-27-13-22-21-11(28-13)15(24,25)16(17,18)19/h4-7,24-25H,8H2,1-3H3,(H,20,23). The van der Waals surface area contributed by atoms with E-state index in [4.69, 9.17) is 4.74 Å². The summed E-state index contributed by atoms with van der Waals surface area (Å²) >= 11 is 1.54. The van der Waals surface area contributed by atoms with E-state index in [1.807, 2.05) is 0 Å². The van der Waals surface area contributed by atoms with E-state index in [1.54, 1.807) is 45.0 Å². The summed E-state index contributed by atoms with van der Waals surface area (Å²) in [4.78, 5) is 11.7. The average Bonchev–Trinajstić information content (AvgIpc) is 3.01. The van der Waals surface area contributed by atoms with Gasteiger partial charge in [-0.15, -0.1) is 10.2 Å². The lowest BCUT2D eigenvalue weighted by molar-refractivity contribution is -0.358. The summed E-state index contributed by atoms with van der Waals surface area (Å²) in [6.07, 6.45) is -5.86. The normalized spacial score (nSPS) is 12.7. The summed E-state index contributed by atoms with van der Waals surface area (Å²) in [7, 11) is 0. The second-order valence-corrected chi connectivity index (χ2v) is 8.86. The molecule has 0 aliphatic carbocycles. The molecule has 1 aromatic carbocycles. The summed E-state index contributed by atoms with van der Waals surface area (Å²) in [5.74, 6) is -3.67. The van der Waals surface area contributed by atoms with Crippen LogP contribution in [-0.4, -0.2) is 38.3 Å². The van der Waals surface area contributed by atoms with Gasteiger partial charge < -0.3 is 14.9 Å². The van der Waals surface area contributed by atoms with Crippen LogP contribution in [0.5, 0.6) is 0 Å². The maximum absolute atomic E-state index is 12.6. The maximum atomic E-state index is 12.6. The van der Waals surface area contributed by atoms with Gasteiger partial charge in [0, 0.05) is 11.4 Å². The van der Waals surface area contributed by atoms with Gasteiger partial charge in [0.05, 0.1) is 0 Å². The molecule has 1 aromatic heterocycles. The van der Waals surface area contributed by atoms with Crippen molar-refractivity contribution in [2.45, 2.75) is 48.4 Å². The van der Waals surface area contributed by atoms with E-state index in [-0.39, 0.29) is 4.34 Å². The van der Waals surface area contributed by atoms with Crippen LogP contribution in [0.25, 0.3) is 0 Å². The first-order chi connectivity index (χ1) is 12.8. The Morgan fingerprint density at radius 3 is 2.32 bits per heavy atom. The topological polar surface area (TPSA) is 105 Å². The number of aromatic nitrogens is 2. The lowest BCUT2D eigenvalue weighted by Crippen LogP contribution is -2.41. The minimum atomic E-state index is -5.27. The monoisotopic (exact) mass is 437 g/mol. The Hall–Kier alpha value is -1.89. The number of hydrogen-bond acceptors (Lipinski definition) is 8. The third-order valence-electron chi connectivity index (χ3n) is 3.06. The molecule has 0 atom stereocenters. The molecule has 0 fully saturated rings. The number of benzene rings is 1. The van der Waals surface area contributed by atoms with E-state index in [1.165, 1.54) is 0 Å². The Morgan fingerprint density at radius 2 is 1.79 bits per heavy atom. The number of alkyl halides is 3. The molecule has 0 aliphatic heterocycles. The van der Waals surface area contributed by atoms with E-state index < -0.39 is 28.7 Å². The third-order valence-corrected chi connectivity index (χ3v) is 5.29. The SMILES string of the molecule is CC(C)(C)OC(=O)Nc1ccc(CSc2nnc(C(O)(O)C(F)(F)F)s2)cc1. The number of anilines is 1. The van der Waals surface area contributed by atoms with Gasteiger partial charge in [0.15, 0.2) is 9.35 Å². The highest BCUT2D eigenvalue weighted by molar-refractivity contribution is 8.00. The van der Waals surface area contributed by atoms with E-state index in [0.29, 0.717) is 22.8 Å². The van der Waals surface area contributed by atoms with Crippen molar-refractivity contribution >= 4 is 34.9 Å². The number of halogens is 3. The fourth-order valence-corrected chi connectivity index (χ4v) is 3.60. The Kier molecular flexibility index (Phi) is 6.58. The van der Waals surface area contributed by atoms with Gasteiger partial charge in [-0.1, -0.05) is 35.2 Å². The van der Waals surface area contributed by atoms with Crippen LogP contribution in [0.15, 0.2) is 28.6 Å². The van der Waals surface area contributed by atoms with Crippen molar-refractivity contribution < 1.29 is 32.9 Å². The zero-order valence-corrected chi connectivity index (χ0v) is 16.7. The smallest absolute Gasteiger partial charge is 0.444 e. The summed E-state index contributed by atoms with van der Waals surface area (Å²) < 4.78 is 43.1. The molecule has 0 aliphatic rings. The van der Waals surface area contributed by atoms with E-state index in [2.05, 4.69) is 15.5 Å². The zero-order chi connectivity index (χ0) is 21.2. The van der Waals surface area contributed by atoms with Crippen molar-refractivity contribution in [3.05, 3.63) is 34.8 Å². The number of carbonyl (C=O) groups excluding carboxylic acids is 1.